The maximum Gasteiger partial charge on any atom is 0.328 e. The zero-order valence-electron chi connectivity index (χ0n) is 10.5. The van der Waals surface area contributed by atoms with Crippen molar-refractivity contribution in [3.8, 4) is 0 Å². The van der Waals surface area contributed by atoms with Gasteiger partial charge in [0.1, 0.15) is 4.99 Å². The zero-order valence-corrected chi connectivity index (χ0v) is 11.3. The topological polar surface area (TPSA) is 52.9 Å². The summed E-state index contributed by atoms with van der Waals surface area (Å²) in [6.45, 7) is 0.580. The number of aromatic nitrogens is 2. The standard InChI is InChI=1S/C14H15N3OS/c15-13(19)11-3-1-10(2-4-11)9-16-7-8-17(14(16)18)12-5-6-12/h1-4,7-8,12H,5-6,9H2,(H2,15,19). The molecule has 0 unspecified atom stereocenters. The van der Waals surface area contributed by atoms with Crippen molar-refractivity contribution >= 4 is 17.2 Å². The summed E-state index contributed by atoms with van der Waals surface area (Å²) < 4.78 is 3.55. The average molecular weight is 273 g/mol. The summed E-state index contributed by atoms with van der Waals surface area (Å²) in [4.78, 5) is 12.5. The highest BCUT2D eigenvalue weighted by molar-refractivity contribution is 7.80. The SMILES string of the molecule is NC(=S)c1ccc(Cn2ccn(C3CC3)c2=O)cc1. The summed E-state index contributed by atoms with van der Waals surface area (Å²) in [5.74, 6) is 0. The van der Waals surface area contributed by atoms with E-state index in [4.69, 9.17) is 18.0 Å². The summed E-state index contributed by atoms with van der Waals surface area (Å²) in [6, 6.07) is 8.11. The van der Waals surface area contributed by atoms with E-state index in [0.29, 0.717) is 17.6 Å². The van der Waals surface area contributed by atoms with Crippen LogP contribution in [-0.4, -0.2) is 14.1 Å². The van der Waals surface area contributed by atoms with Crippen LogP contribution < -0.4 is 11.4 Å². The smallest absolute Gasteiger partial charge is 0.328 e. The molecule has 3 rings (SSSR count). The molecule has 0 atom stereocenters. The van der Waals surface area contributed by atoms with Crippen molar-refractivity contribution in [2.75, 3.05) is 0 Å². The fraction of sp³-hybridized carbons (Fsp3) is 0.286. The number of imidazole rings is 1. The second kappa shape index (κ2) is 4.66. The lowest BCUT2D eigenvalue weighted by Crippen LogP contribution is -2.23. The first-order chi connectivity index (χ1) is 9.15. The van der Waals surface area contributed by atoms with Gasteiger partial charge in [-0.3, -0.25) is 9.13 Å². The van der Waals surface area contributed by atoms with Crippen molar-refractivity contribution in [2.45, 2.75) is 25.4 Å². The lowest BCUT2D eigenvalue weighted by molar-refractivity contribution is 0.656. The molecule has 0 saturated heterocycles. The van der Waals surface area contributed by atoms with E-state index in [1.807, 2.05) is 41.2 Å². The molecule has 1 aliphatic carbocycles. The van der Waals surface area contributed by atoms with E-state index in [1.54, 1.807) is 4.57 Å². The Balaban J connectivity index is 1.81. The molecule has 0 radical (unpaired) electrons. The molecule has 0 amide bonds. The Hall–Kier alpha value is -1.88. The largest absolute Gasteiger partial charge is 0.389 e. The molecule has 19 heavy (non-hydrogen) atoms. The van der Waals surface area contributed by atoms with Gasteiger partial charge in [0.2, 0.25) is 0 Å². The predicted octanol–water partition coefficient (Wildman–Crippen LogP) is 1.67. The molecule has 5 heteroatoms. The molecule has 4 nitrogen and oxygen atoms in total. The third-order valence-corrected chi connectivity index (χ3v) is 3.64. The minimum atomic E-state index is 0.0703. The monoisotopic (exact) mass is 273 g/mol. The summed E-state index contributed by atoms with van der Waals surface area (Å²) >= 11 is 4.91. The first-order valence-corrected chi connectivity index (χ1v) is 6.72. The van der Waals surface area contributed by atoms with Crippen LogP contribution >= 0.6 is 12.2 Å². The van der Waals surface area contributed by atoms with Gasteiger partial charge in [-0.2, -0.15) is 0 Å². The average Bonchev–Trinajstić information content (AvgIpc) is 3.17. The third kappa shape index (κ3) is 2.46. The number of nitrogens with zero attached hydrogens (tertiary/aromatic N) is 2. The number of nitrogens with two attached hydrogens (primary N) is 1. The van der Waals surface area contributed by atoms with Crippen LogP contribution in [0.2, 0.25) is 0 Å². The van der Waals surface area contributed by atoms with Gasteiger partial charge in [0.25, 0.3) is 0 Å². The number of hydrogen-bond donors (Lipinski definition) is 1. The summed E-state index contributed by atoms with van der Waals surface area (Å²) in [6.07, 6.45) is 5.96. The Kier molecular flexibility index (Phi) is 2.98. The Bertz CT molecular complexity index is 665. The lowest BCUT2D eigenvalue weighted by atomic mass is 10.1. The van der Waals surface area contributed by atoms with Gasteiger partial charge in [0.15, 0.2) is 0 Å². The number of benzene rings is 1. The summed E-state index contributed by atoms with van der Waals surface area (Å²) in [5, 5.41) is 0. The Morgan fingerprint density at radius 3 is 2.53 bits per heavy atom. The second-order valence-electron chi connectivity index (χ2n) is 4.91. The normalized spacial score (nSPS) is 14.5. The predicted molar refractivity (Wildman–Crippen MR) is 78.4 cm³/mol. The number of thiocarbonyl (C=S) groups is 1. The van der Waals surface area contributed by atoms with Crippen LogP contribution in [0.5, 0.6) is 0 Å². The second-order valence-corrected chi connectivity index (χ2v) is 5.35. The quantitative estimate of drug-likeness (QED) is 0.862. The van der Waals surface area contributed by atoms with E-state index in [2.05, 4.69) is 0 Å². The van der Waals surface area contributed by atoms with Gasteiger partial charge < -0.3 is 5.73 Å². The van der Waals surface area contributed by atoms with E-state index in [1.165, 1.54) is 0 Å². The molecular weight excluding hydrogens is 258 g/mol. The molecule has 1 aromatic heterocycles. The molecule has 0 bridgehead atoms. The molecule has 1 saturated carbocycles. The third-order valence-electron chi connectivity index (χ3n) is 3.41. The van der Waals surface area contributed by atoms with Gasteiger partial charge in [-0.25, -0.2) is 4.79 Å². The highest BCUT2D eigenvalue weighted by atomic mass is 32.1. The van der Waals surface area contributed by atoms with Crippen molar-refractivity contribution < 1.29 is 0 Å². The van der Waals surface area contributed by atoms with Gasteiger partial charge in [0.05, 0.1) is 6.54 Å². The van der Waals surface area contributed by atoms with Crippen LogP contribution in [0.15, 0.2) is 41.5 Å². The van der Waals surface area contributed by atoms with E-state index in [-0.39, 0.29) is 5.69 Å². The van der Waals surface area contributed by atoms with Crippen molar-refractivity contribution in [3.63, 3.8) is 0 Å². The maximum atomic E-state index is 12.1. The first-order valence-electron chi connectivity index (χ1n) is 6.31. The van der Waals surface area contributed by atoms with Crippen LogP contribution in [0.3, 0.4) is 0 Å². The van der Waals surface area contributed by atoms with Crippen molar-refractivity contribution in [1.82, 2.24) is 9.13 Å². The molecule has 1 aromatic carbocycles. The molecular formula is C14H15N3OS. The molecule has 0 aliphatic heterocycles. The fourth-order valence-corrected chi connectivity index (χ4v) is 2.29. The van der Waals surface area contributed by atoms with Gasteiger partial charge >= 0.3 is 5.69 Å². The maximum absolute atomic E-state index is 12.1. The molecule has 1 fully saturated rings. The van der Waals surface area contributed by atoms with Crippen LogP contribution in [0, 0.1) is 0 Å². The number of rotatable bonds is 4. The molecule has 2 N–H and O–H groups in total. The van der Waals surface area contributed by atoms with Crippen LogP contribution in [0.1, 0.15) is 30.0 Å². The lowest BCUT2D eigenvalue weighted by Gasteiger charge is -2.04. The van der Waals surface area contributed by atoms with Crippen molar-refractivity contribution in [3.05, 3.63) is 58.3 Å². The van der Waals surface area contributed by atoms with Gasteiger partial charge in [-0.05, 0) is 18.4 Å². The highest BCUT2D eigenvalue weighted by Crippen LogP contribution is 2.33. The van der Waals surface area contributed by atoms with Gasteiger partial charge in [0, 0.05) is 24.0 Å². The van der Waals surface area contributed by atoms with E-state index in [9.17, 15) is 4.79 Å². The Morgan fingerprint density at radius 1 is 1.26 bits per heavy atom. The van der Waals surface area contributed by atoms with E-state index < -0.39 is 0 Å². The van der Waals surface area contributed by atoms with E-state index in [0.717, 1.165) is 24.0 Å². The molecule has 1 aliphatic rings. The summed E-state index contributed by atoms with van der Waals surface area (Å²) in [7, 11) is 0. The minimum Gasteiger partial charge on any atom is -0.389 e. The Labute approximate surface area is 116 Å². The van der Waals surface area contributed by atoms with Crippen LogP contribution in [-0.2, 0) is 6.54 Å². The molecule has 98 valence electrons. The van der Waals surface area contributed by atoms with Gasteiger partial charge in [-0.15, -0.1) is 0 Å². The number of hydrogen-bond acceptors (Lipinski definition) is 2. The van der Waals surface area contributed by atoms with Gasteiger partial charge in [-0.1, -0.05) is 36.5 Å². The van der Waals surface area contributed by atoms with Crippen LogP contribution in [0.25, 0.3) is 0 Å². The fourth-order valence-electron chi connectivity index (χ4n) is 2.15. The van der Waals surface area contributed by atoms with Crippen molar-refractivity contribution in [2.24, 2.45) is 5.73 Å². The summed E-state index contributed by atoms with van der Waals surface area (Å²) in [5.41, 5.74) is 7.54. The molecule has 2 aromatic rings. The molecule has 1 heterocycles. The zero-order chi connectivity index (χ0) is 13.4. The molecule has 0 spiro atoms. The minimum absolute atomic E-state index is 0.0703. The van der Waals surface area contributed by atoms with Crippen LogP contribution in [0.4, 0.5) is 0 Å². The Morgan fingerprint density at radius 2 is 1.95 bits per heavy atom. The van der Waals surface area contributed by atoms with Crippen molar-refractivity contribution in [1.29, 1.82) is 0 Å². The highest BCUT2D eigenvalue weighted by Gasteiger charge is 2.25. The van der Waals surface area contributed by atoms with E-state index >= 15 is 0 Å². The first kappa shape index (κ1) is 12.2.